The monoisotopic (exact) mass is 407 g/mol. The van der Waals surface area contributed by atoms with Gasteiger partial charge in [0.25, 0.3) is 0 Å². The fraction of sp³-hybridized carbons (Fsp3) is 0.130. The lowest BCUT2D eigenvalue weighted by molar-refractivity contribution is 0.0526. The van der Waals surface area contributed by atoms with E-state index >= 15 is 0 Å². The molecule has 5 nitrogen and oxygen atoms in total. The molecule has 0 fully saturated rings. The fourth-order valence-corrected chi connectivity index (χ4v) is 3.60. The van der Waals surface area contributed by atoms with Crippen LogP contribution in [0.25, 0.3) is 21.7 Å². The molecule has 0 aliphatic rings. The van der Waals surface area contributed by atoms with Gasteiger partial charge in [0.05, 0.1) is 12.3 Å². The van der Waals surface area contributed by atoms with Crippen LogP contribution in [0, 0.1) is 6.92 Å². The standard InChI is InChI=1S/C23H18ClNO4/c1-3-28-23(27)19-13(2)29-22-17-10-5-4-9-16(17)21(26)18(20(19)22)12-25-15-8-6-7-14(24)11-15/h4-12,26H,3H2,1-2H3. The molecular formula is C23H18ClNO4. The van der Waals surface area contributed by atoms with Crippen molar-refractivity contribution in [2.75, 3.05) is 6.61 Å². The van der Waals surface area contributed by atoms with Crippen LogP contribution in [-0.2, 0) is 4.74 Å². The first kappa shape index (κ1) is 19.0. The van der Waals surface area contributed by atoms with E-state index in [1.807, 2.05) is 18.2 Å². The summed E-state index contributed by atoms with van der Waals surface area (Å²) in [5, 5.41) is 13.4. The summed E-state index contributed by atoms with van der Waals surface area (Å²) < 4.78 is 11.2. The van der Waals surface area contributed by atoms with Crippen molar-refractivity contribution in [2.45, 2.75) is 13.8 Å². The molecule has 0 aliphatic carbocycles. The Hall–Kier alpha value is -3.31. The molecule has 146 valence electrons. The van der Waals surface area contributed by atoms with E-state index < -0.39 is 5.97 Å². The number of hydrogen-bond acceptors (Lipinski definition) is 5. The summed E-state index contributed by atoms with van der Waals surface area (Å²) in [7, 11) is 0. The number of carbonyl (C=O) groups excluding carboxylic acids is 1. The molecule has 6 heteroatoms. The highest BCUT2D eigenvalue weighted by Gasteiger charge is 2.25. The number of aryl methyl sites for hydroxylation is 1. The van der Waals surface area contributed by atoms with Gasteiger partial charge in [-0.15, -0.1) is 0 Å². The number of phenolic OH excluding ortho intramolecular Hbond substituents is 1. The fourth-order valence-electron chi connectivity index (χ4n) is 3.41. The third kappa shape index (κ3) is 3.34. The van der Waals surface area contributed by atoms with Crippen LogP contribution in [0.1, 0.15) is 28.6 Å². The molecule has 0 aliphatic heterocycles. The van der Waals surface area contributed by atoms with Crippen molar-refractivity contribution >= 4 is 51.2 Å². The largest absolute Gasteiger partial charge is 0.507 e. The maximum Gasteiger partial charge on any atom is 0.342 e. The van der Waals surface area contributed by atoms with Gasteiger partial charge >= 0.3 is 5.97 Å². The molecule has 1 aromatic heterocycles. The average Bonchev–Trinajstić information content (AvgIpc) is 3.05. The number of ether oxygens (including phenoxy) is 1. The van der Waals surface area contributed by atoms with Crippen molar-refractivity contribution in [2.24, 2.45) is 4.99 Å². The molecule has 0 amide bonds. The van der Waals surface area contributed by atoms with Crippen LogP contribution >= 0.6 is 11.6 Å². The molecule has 4 rings (SSSR count). The zero-order valence-electron chi connectivity index (χ0n) is 15.9. The molecule has 0 radical (unpaired) electrons. The second-order valence-electron chi connectivity index (χ2n) is 6.50. The molecule has 1 N–H and O–H groups in total. The van der Waals surface area contributed by atoms with Crippen LogP contribution < -0.4 is 0 Å². The zero-order chi connectivity index (χ0) is 20.5. The van der Waals surface area contributed by atoms with Gasteiger partial charge < -0.3 is 14.3 Å². The van der Waals surface area contributed by atoms with Gasteiger partial charge in [-0.05, 0) is 32.0 Å². The number of furan rings is 1. The van der Waals surface area contributed by atoms with E-state index in [1.54, 1.807) is 44.2 Å². The second-order valence-corrected chi connectivity index (χ2v) is 6.94. The summed E-state index contributed by atoms with van der Waals surface area (Å²) in [5.41, 5.74) is 1.80. The Kier molecular flexibility index (Phi) is 4.99. The first-order valence-corrected chi connectivity index (χ1v) is 9.52. The first-order chi connectivity index (χ1) is 14.0. The van der Waals surface area contributed by atoms with E-state index in [1.165, 1.54) is 6.21 Å². The minimum Gasteiger partial charge on any atom is -0.507 e. The van der Waals surface area contributed by atoms with Crippen LogP contribution in [0.3, 0.4) is 0 Å². The van der Waals surface area contributed by atoms with E-state index in [-0.39, 0.29) is 17.9 Å². The van der Waals surface area contributed by atoms with Gasteiger partial charge in [-0.2, -0.15) is 0 Å². The van der Waals surface area contributed by atoms with Gasteiger partial charge in [-0.3, -0.25) is 4.99 Å². The van der Waals surface area contributed by atoms with Gasteiger partial charge in [-0.1, -0.05) is 41.9 Å². The van der Waals surface area contributed by atoms with Gasteiger partial charge in [0, 0.05) is 33.0 Å². The van der Waals surface area contributed by atoms with Crippen molar-refractivity contribution < 1.29 is 19.1 Å². The molecule has 4 aromatic rings. The highest BCUT2D eigenvalue weighted by atomic mass is 35.5. The van der Waals surface area contributed by atoms with Crippen LogP contribution in [0.15, 0.2) is 57.9 Å². The van der Waals surface area contributed by atoms with E-state index in [4.69, 9.17) is 20.8 Å². The molecule has 29 heavy (non-hydrogen) atoms. The number of nitrogens with zero attached hydrogens (tertiary/aromatic N) is 1. The molecule has 0 atom stereocenters. The highest BCUT2D eigenvalue weighted by molar-refractivity contribution is 6.30. The maximum absolute atomic E-state index is 12.6. The van der Waals surface area contributed by atoms with E-state index in [0.717, 1.165) is 0 Å². The van der Waals surface area contributed by atoms with Gasteiger partial charge in [0.15, 0.2) is 0 Å². The second kappa shape index (κ2) is 7.60. The van der Waals surface area contributed by atoms with E-state index in [2.05, 4.69) is 4.99 Å². The van der Waals surface area contributed by atoms with Crippen molar-refractivity contribution in [3.05, 3.63) is 70.4 Å². The number of hydrogen-bond donors (Lipinski definition) is 1. The summed E-state index contributed by atoms with van der Waals surface area (Å²) in [6.45, 7) is 3.68. The lowest BCUT2D eigenvalue weighted by atomic mass is 9.98. The number of phenols is 1. The number of benzene rings is 3. The molecule has 0 spiro atoms. The Labute approximate surface area is 172 Å². The van der Waals surface area contributed by atoms with Crippen molar-refractivity contribution in [1.29, 1.82) is 0 Å². The Bertz CT molecular complexity index is 1270. The minimum atomic E-state index is -0.504. The Morgan fingerprint density at radius 1 is 1.21 bits per heavy atom. The van der Waals surface area contributed by atoms with Gasteiger partial charge in [-0.25, -0.2) is 4.79 Å². The highest BCUT2D eigenvalue weighted by Crippen LogP contribution is 2.41. The molecule has 0 bridgehead atoms. The third-order valence-electron chi connectivity index (χ3n) is 4.67. The number of aliphatic imine (C=N–C) groups is 1. The molecule has 0 unspecified atom stereocenters. The topological polar surface area (TPSA) is 72.0 Å². The number of aromatic hydroxyl groups is 1. The quantitative estimate of drug-likeness (QED) is 0.324. The Balaban J connectivity index is 2.04. The average molecular weight is 408 g/mol. The number of fused-ring (bicyclic) bond motifs is 3. The summed E-state index contributed by atoms with van der Waals surface area (Å²) >= 11 is 6.04. The number of esters is 1. The Morgan fingerprint density at radius 3 is 2.69 bits per heavy atom. The predicted molar refractivity (Wildman–Crippen MR) is 115 cm³/mol. The molecule has 0 saturated heterocycles. The lowest BCUT2D eigenvalue weighted by Crippen LogP contribution is -2.06. The zero-order valence-corrected chi connectivity index (χ0v) is 16.7. The van der Waals surface area contributed by atoms with Crippen molar-refractivity contribution in [3.8, 4) is 5.75 Å². The van der Waals surface area contributed by atoms with E-state index in [9.17, 15) is 9.90 Å². The molecule has 0 saturated carbocycles. The maximum atomic E-state index is 12.6. The van der Waals surface area contributed by atoms with Crippen LogP contribution in [0.5, 0.6) is 5.75 Å². The van der Waals surface area contributed by atoms with Crippen LogP contribution in [0.4, 0.5) is 5.69 Å². The number of halogens is 1. The number of carbonyl (C=O) groups is 1. The van der Waals surface area contributed by atoms with Gasteiger partial charge in [0.2, 0.25) is 0 Å². The summed E-state index contributed by atoms with van der Waals surface area (Å²) in [4.78, 5) is 17.1. The lowest BCUT2D eigenvalue weighted by Gasteiger charge is -2.08. The molecule has 3 aromatic carbocycles. The number of rotatable bonds is 4. The summed E-state index contributed by atoms with van der Waals surface area (Å²) in [6, 6.07) is 14.4. The third-order valence-corrected chi connectivity index (χ3v) is 4.90. The smallest absolute Gasteiger partial charge is 0.342 e. The SMILES string of the molecule is CCOC(=O)c1c(C)oc2c1c(C=Nc1cccc(Cl)c1)c(O)c1ccccc12. The molecule has 1 heterocycles. The normalized spacial score (nSPS) is 11.6. The Morgan fingerprint density at radius 2 is 1.97 bits per heavy atom. The van der Waals surface area contributed by atoms with Crippen molar-refractivity contribution in [3.63, 3.8) is 0 Å². The van der Waals surface area contributed by atoms with E-state index in [0.29, 0.717) is 43.8 Å². The van der Waals surface area contributed by atoms with Crippen LogP contribution in [0.2, 0.25) is 5.02 Å². The predicted octanol–water partition coefficient (Wildman–Crippen LogP) is 6.18. The van der Waals surface area contributed by atoms with Gasteiger partial charge in [0.1, 0.15) is 22.7 Å². The van der Waals surface area contributed by atoms with Crippen molar-refractivity contribution in [1.82, 2.24) is 0 Å². The summed E-state index contributed by atoms with van der Waals surface area (Å²) in [6.07, 6.45) is 1.52. The molecular weight excluding hydrogens is 390 g/mol. The first-order valence-electron chi connectivity index (χ1n) is 9.14. The minimum absolute atomic E-state index is 0.0187. The van der Waals surface area contributed by atoms with Crippen LogP contribution in [-0.4, -0.2) is 23.9 Å². The summed E-state index contributed by atoms with van der Waals surface area (Å²) in [5.74, 6) is -0.0623.